The second-order valence-electron chi connectivity index (χ2n) is 6.12. The summed E-state index contributed by atoms with van der Waals surface area (Å²) in [5.41, 5.74) is 3.49. The fourth-order valence-corrected chi connectivity index (χ4v) is 3.61. The quantitative estimate of drug-likeness (QED) is 0.645. The fraction of sp³-hybridized carbons (Fsp3) is 0.444. The van der Waals surface area contributed by atoms with E-state index in [0.717, 1.165) is 30.4 Å². The number of hydrogen-bond acceptors (Lipinski definition) is 3. The maximum atomic E-state index is 5.63. The van der Waals surface area contributed by atoms with Crippen LogP contribution in [0.2, 0.25) is 0 Å². The number of methoxy groups -OCH3 is 1. The van der Waals surface area contributed by atoms with Crippen LogP contribution in [-0.4, -0.2) is 39.8 Å². The summed E-state index contributed by atoms with van der Waals surface area (Å²) in [5.74, 6) is 0. The van der Waals surface area contributed by atoms with E-state index < -0.39 is 0 Å². The number of aromatic nitrogens is 2. The van der Waals surface area contributed by atoms with Gasteiger partial charge in [-0.2, -0.15) is 0 Å². The van der Waals surface area contributed by atoms with E-state index >= 15 is 0 Å². The van der Waals surface area contributed by atoms with Crippen LogP contribution in [0.25, 0.3) is 0 Å². The number of nitrogens with one attached hydrogen (secondary N) is 1. The number of pyridine rings is 1. The van der Waals surface area contributed by atoms with Gasteiger partial charge in [-0.3, -0.25) is 4.98 Å². The van der Waals surface area contributed by atoms with Crippen LogP contribution in [0.15, 0.2) is 36.5 Å². The lowest BCUT2D eigenvalue weighted by Crippen LogP contribution is -2.32. The summed E-state index contributed by atoms with van der Waals surface area (Å²) in [6.07, 6.45) is 2.77. The molecule has 6 heteroatoms. The minimum Gasteiger partial charge on any atom is -0.385 e. The van der Waals surface area contributed by atoms with Gasteiger partial charge in [-0.05, 0) is 49.8 Å². The third-order valence-corrected chi connectivity index (χ3v) is 5.01. The van der Waals surface area contributed by atoms with E-state index in [4.69, 9.17) is 17.0 Å². The van der Waals surface area contributed by atoms with Crippen LogP contribution < -0.4 is 5.32 Å². The third-order valence-electron chi connectivity index (χ3n) is 4.66. The first-order valence-electron chi connectivity index (χ1n) is 8.22. The van der Waals surface area contributed by atoms with Gasteiger partial charge in [0.15, 0.2) is 5.11 Å². The summed E-state index contributed by atoms with van der Waals surface area (Å²) in [6.45, 7) is 3.71. The Bertz CT molecular complexity index is 700. The van der Waals surface area contributed by atoms with Gasteiger partial charge in [0.1, 0.15) is 0 Å². The summed E-state index contributed by atoms with van der Waals surface area (Å²) in [5, 5.41) is 4.26. The van der Waals surface area contributed by atoms with E-state index in [1.807, 2.05) is 18.3 Å². The van der Waals surface area contributed by atoms with E-state index in [1.54, 1.807) is 7.11 Å². The Hall–Kier alpha value is -1.92. The number of ether oxygens (including phenoxy) is 1. The predicted molar refractivity (Wildman–Crippen MR) is 98.8 cm³/mol. The van der Waals surface area contributed by atoms with Crippen LogP contribution in [-0.2, 0) is 11.8 Å². The molecular weight excluding hydrogens is 320 g/mol. The van der Waals surface area contributed by atoms with E-state index in [1.165, 1.54) is 11.4 Å². The highest BCUT2D eigenvalue weighted by Crippen LogP contribution is 2.38. The molecule has 1 N–H and O–H groups in total. The van der Waals surface area contributed by atoms with Gasteiger partial charge in [-0.25, -0.2) is 0 Å². The normalized spacial score (nSPS) is 20.5. The predicted octanol–water partition coefficient (Wildman–Crippen LogP) is 2.74. The van der Waals surface area contributed by atoms with Crippen LogP contribution in [0, 0.1) is 6.92 Å². The molecule has 0 aromatic carbocycles. The van der Waals surface area contributed by atoms with Crippen molar-refractivity contribution in [3.63, 3.8) is 0 Å². The number of thiocarbonyl (C=S) groups is 1. The Labute approximate surface area is 148 Å². The maximum Gasteiger partial charge on any atom is 0.170 e. The largest absolute Gasteiger partial charge is 0.385 e. The zero-order valence-electron chi connectivity index (χ0n) is 14.4. The summed E-state index contributed by atoms with van der Waals surface area (Å²) >= 11 is 5.63. The molecule has 0 amide bonds. The molecule has 128 valence electrons. The lowest BCUT2D eigenvalue weighted by molar-refractivity contribution is 0.179. The third kappa shape index (κ3) is 3.16. The van der Waals surface area contributed by atoms with Crippen molar-refractivity contribution in [2.75, 3.05) is 20.3 Å². The van der Waals surface area contributed by atoms with Crippen molar-refractivity contribution in [1.29, 1.82) is 0 Å². The highest BCUT2D eigenvalue weighted by Gasteiger charge is 2.40. The molecule has 0 spiro atoms. The van der Waals surface area contributed by atoms with Crippen molar-refractivity contribution in [2.45, 2.75) is 25.4 Å². The molecular formula is C18H24N4OS. The molecule has 5 nitrogen and oxygen atoms in total. The molecule has 0 aliphatic carbocycles. The van der Waals surface area contributed by atoms with E-state index in [9.17, 15) is 0 Å². The Balaban J connectivity index is 1.96. The number of hydrogen-bond donors (Lipinski definition) is 1. The van der Waals surface area contributed by atoms with E-state index in [-0.39, 0.29) is 12.1 Å². The Morgan fingerprint density at radius 1 is 1.29 bits per heavy atom. The Kier molecular flexibility index (Phi) is 5.16. The summed E-state index contributed by atoms with van der Waals surface area (Å²) in [4.78, 5) is 6.82. The molecule has 2 atom stereocenters. The second kappa shape index (κ2) is 7.32. The minimum atomic E-state index is 0.0502. The molecule has 2 aromatic rings. The molecule has 3 heterocycles. The van der Waals surface area contributed by atoms with Crippen LogP contribution in [0.1, 0.15) is 35.6 Å². The SMILES string of the molecule is COCCCN1C(=S)N[C@@H](c2ccccn2)[C@H]1c1ccc(C)n1C. The first kappa shape index (κ1) is 16.9. The standard InChI is InChI=1S/C18H24N4OS/c1-13-8-9-15(21(13)2)17-16(14-7-4-5-10-19-14)20-18(24)22(17)11-6-12-23-3/h4-5,7-10,16-17H,6,11-12H2,1-3H3,(H,20,24)/t16-,17+/m0/s1. The molecule has 1 fully saturated rings. The first-order chi connectivity index (χ1) is 11.6. The van der Waals surface area contributed by atoms with Crippen LogP contribution in [0.4, 0.5) is 0 Å². The van der Waals surface area contributed by atoms with Crippen molar-refractivity contribution in [1.82, 2.24) is 19.8 Å². The van der Waals surface area contributed by atoms with Crippen molar-refractivity contribution >= 4 is 17.3 Å². The summed E-state index contributed by atoms with van der Waals surface area (Å²) in [6, 6.07) is 10.5. The van der Waals surface area contributed by atoms with Gasteiger partial charge in [0.2, 0.25) is 0 Å². The van der Waals surface area contributed by atoms with Gasteiger partial charge in [0, 0.05) is 44.9 Å². The molecule has 1 saturated heterocycles. The zero-order valence-corrected chi connectivity index (χ0v) is 15.2. The van der Waals surface area contributed by atoms with Gasteiger partial charge in [0.25, 0.3) is 0 Å². The van der Waals surface area contributed by atoms with Crippen molar-refractivity contribution in [2.24, 2.45) is 7.05 Å². The van der Waals surface area contributed by atoms with Crippen LogP contribution in [0.5, 0.6) is 0 Å². The van der Waals surface area contributed by atoms with Gasteiger partial charge >= 0.3 is 0 Å². The Morgan fingerprint density at radius 2 is 2.12 bits per heavy atom. The molecule has 1 aliphatic rings. The molecule has 0 radical (unpaired) electrons. The molecule has 3 rings (SSSR count). The van der Waals surface area contributed by atoms with E-state index in [0.29, 0.717) is 0 Å². The topological polar surface area (TPSA) is 42.3 Å². The molecule has 24 heavy (non-hydrogen) atoms. The van der Waals surface area contributed by atoms with Gasteiger partial charge in [-0.15, -0.1) is 0 Å². The zero-order chi connectivity index (χ0) is 17.1. The molecule has 0 unspecified atom stereocenters. The van der Waals surface area contributed by atoms with E-state index in [2.05, 4.69) is 51.9 Å². The lowest BCUT2D eigenvalue weighted by Gasteiger charge is -2.28. The highest BCUT2D eigenvalue weighted by atomic mass is 32.1. The smallest absolute Gasteiger partial charge is 0.170 e. The monoisotopic (exact) mass is 344 g/mol. The summed E-state index contributed by atoms with van der Waals surface area (Å²) in [7, 11) is 3.84. The van der Waals surface area contributed by atoms with Gasteiger partial charge in [0.05, 0.1) is 17.8 Å². The highest BCUT2D eigenvalue weighted by molar-refractivity contribution is 7.80. The van der Waals surface area contributed by atoms with Crippen molar-refractivity contribution in [3.8, 4) is 0 Å². The molecule has 2 aromatic heterocycles. The molecule has 0 bridgehead atoms. The average molecular weight is 344 g/mol. The maximum absolute atomic E-state index is 5.63. The number of nitrogens with zero attached hydrogens (tertiary/aromatic N) is 3. The van der Waals surface area contributed by atoms with Crippen molar-refractivity contribution < 1.29 is 4.74 Å². The number of aryl methyl sites for hydroxylation is 1. The van der Waals surface area contributed by atoms with Gasteiger partial charge < -0.3 is 19.5 Å². The first-order valence-corrected chi connectivity index (χ1v) is 8.63. The fourth-order valence-electron chi connectivity index (χ4n) is 3.28. The van der Waals surface area contributed by atoms with Crippen LogP contribution >= 0.6 is 12.2 Å². The van der Waals surface area contributed by atoms with Crippen LogP contribution in [0.3, 0.4) is 0 Å². The van der Waals surface area contributed by atoms with Gasteiger partial charge in [-0.1, -0.05) is 6.07 Å². The minimum absolute atomic E-state index is 0.0502. The average Bonchev–Trinajstić information content (AvgIpc) is 3.09. The second-order valence-corrected chi connectivity index (χ2v) is 6.51. The lowest BCUT2D eigenvalue weighted by atomic mass is 10.0. The summed E-state index contributed by atoms with van der Waals surface area (Å²) < 4.78 is 7.44. The number of rotatable bonds is 6. The molecule has 0 saturated carbocycles. The Morgan fingerprint density at radius 3 is 2.75 bits per heavy atom. The van der Waals surface area contributed by atoms with Crippen molar-refractivity contribution in [3.05, 3.63) is 53.6 Å². The molecule has 1 aliphatic heterocycles.